The van der Waals surface area contributed by atoms with Crippen molar-refractivity contribution < 1.29 is 20.4 Å². The predicted molar refractivity (Wildman–Crippen MR) is 220 cm³/mol. The lowest BCUT2D eigenvalue weighted by molar-refractivity contribution is 0.475. The van der Waals surface area contributed by atoms with Crippen molar-refractivity contribution in [3.05, 3.63) is 212 Å². The Balaban J connectivity index is 0.000000136. The van der Waals surface area contributed by atoms with Crippen LogP contribution in [-0.2, 0) is 0 Å². The first-order valence-corrected chi connectivity index (χ1v) is 17.5. The number of phenolic OH excluding ortho intramolecular Hbond substituents is 4. The molecule has 8 aromatic rings. The molecule has 0 aliphatic carbocycles. The number of benzene rings is 8. The van der Waals surface area contributed by atoms with Gasteiger partial charge in [-0.25, -0.2) is 0 Å². The van der Waals surface area contributed by atoms with Gasteiger partial charge in [0, 0.05) is 0 Å². The molecular formula is C48H39O4Si. The minimum Gasteiger partial charge on any atom is -0.508 e. The lowest BCUT2D eigenvalue weighted by Crippen LogP contribution is -2.06. The van der Waals surface area contributed by atoms with Crippen LogP contribution >= 0.6 is 0 Å². The van der Waals surface area contributed by atoms with Gasteiger partial charge in [0.2, 0.25) is 0 Å². The van der Waals surface area contributed by atoms with Gasteiger partial charge in [0.05, 0.1) is 10.2 Å². The van der Waals surface area contributed by atoms with Crippen molar-refractivity contribution in [3.8, 4) is 67.5 Å². The summed E-state index contributed by atoms with van der Waals surface area (Å²) in [6.45, 7) is 0. The molecule has 0 atom stereocenters. The summed E-state index contributed by atoms with van der Waals surface area (Å²) in [5.74, 6) is 1.19. The van der Waals surface area contributed by atoms with E-state index in [9.17, 15) is 20.4 Å². The molecule has 0 amide bonds. The van der Waals surface area contributed by atoms with Gasteiger partial charge in [-0.3, -0.25) is 0 Å². The summed E-state index contributed by atoms with van der Waals surface area (Å²) in [4.78, 5) is 0. The molecule has 0 saturated heterocycles. The van der Waals surface area contributed by atoms with Crippen LogP contribution in [0, 0.1) is 0 Å². The van der Waals surface area contributed by atoms with E-state index in [2.05, 4.69) is 10.2 Å². The normalized spacial score (nSPS) is 9.91. The van der Waals surface area contributed by atoms with Crippen LogP contribution < -0.4 is 5.19 Å². The molecule has 0 unspecified atom stereocenters. The molecule has 0 aliphatic rings. The van der Waals surface area contributed by atoms with E-state index in [4.69, 9.17) is 0 Å². The van der Waals surface area contributed by atoms with Crippen LogP contribution in [0.2, 0.25) is 0 Å². The van der Waals surface area contributed by atoms with Crippen molar-refractivity contribution in [2.45, 2.75) is 0 Å². The molecule has 259 valence electrons. The van der Waals surface area contributed by atoms with Gasteiger partial charge >= 0.3 is 0 Å². The Morgan fingerprint density at radius 2 is 0.547 bits per heavy atom. The fourth-order valence-electron chi connectivity index (χ4n) is 5.35. The zero-order valence-electron chi connectivity index (χ0n) is 29.0. The third kappa shape index (κ3) is 11.6. The van der Waals surface area contributed by atoms with Gasteiger partial charge in [0.25, 0.3) is 0 Å². The summed E-state index contributed by atoms with van der Waals surface area (Å²) in [6.07, 6.45) is 0. The van der Waals surface area contributed by atoms with Gasteiger partial charge in [-0.2, -0.15) is 0 Å². The first kappa shape index (κ1) is 37.4. The van der Waals surface area contributed by atoms with E-state index in [0.29, 0.717) is 17.2 Å². The SMILES string of the molecule is Oc1cccc(-c2ccccc2)c1.Oc1cccc(-c2ccccc2)c1.Oc1cccc(-c2ccccc2)c1.Oc1cccc(-c2ccccc2)c1[Si]. The molecule has 0 bridgehead atoms. The van der Waals surface area contributed by atoms with Gasteiger partial charge in [-0.05, 0) is 92.2 Å². The second-order valence-corrected chi connectivity index (χ2v) is 12.3. The van der Waals surface area contributed by atoms with Crippen molar-refractivity contribution in [2.24, 2.45) is 0 Å². The summed E-state index contributed by atoms with van der Waals surface area (Å²) in [6, 6.07) is 67.2. The summed E-state index contributed by atoms with van der Waals surface area (Å²) in [5, 5.41) is 38.1. The van der Waals surface area contributed by atoms with E-state index >= 15 is 0 Å². The third-order valence-electron chi connectivity index (χ3n) is 7.99. The van der Waals surface area contributed by atoms with Crippen molar-refractivity contribution in [3.63, 3.8) is 0 Å². The lowest BCUT2D eigenvalue weighted by atomic mass is 10.1. The van der Waals surface area contributed by atoms with Crippen molar-refractivity contribution >= 4 is 15.4 Å². The summed E-state index contributed by atoms with van der Waals surface area (Å²) < 4.78 is 0. The quantitative estimate of drug-likeness (QED) is 0.137. The molecule has 0 fully saturated rings. The van der Waals surface area contributed by atoms with Crippen LogP contribution in [0.5, 0.6) is 23.0 Å². The van der Waals surface area contributed by atoms with E-state index in [1.807, 2.05) is 170 Å². The van der Waals surface area contributed by atoms with E-state index in [-0.39, 0.29) is 5.75 Å². The minimum atomic E-state index is 0.267. The van der Waals surface area contributed by atoms with Crippen LogP contribution in [0.4, 0.5) is 0 Å². The average Bonchev–Trinajstić information content (AvgIpc) is 3.21. The maximum atomic E-state index is 9.51. The van der Waals surface area contributed by atoms with E-state index in [1.165, 1.54) is 0 Å². The van der Waals surface area contributed by atoms with Gasteiger partial charge in [0.15, 0.2) is 0 Å². The smallest absolute Gasteiger partial charge is 0.116 e. The van der Waals surface area contributed by atoms with Crippen LogP contribution in [-0.4, -0.2) is 30.7 Å². The topological polar surface area (TPSA) is 80.9 Å². The Morgan fingerprint density at radius 1 is 0.264 bits per heavy atom. The highest BCUT2D eigenvalue weighted by Gasteiger charge is 2.04. The number of rotatable bonds is 4. The fraction of sp³-hybridized carbons (Fsp3) is 0. The fourth-order valence-corrected chi connectivity index (χ4v) is 5.66. The molecule has 0 saturated carbocycles. The van der Waals surface area contributed by atoms with Crippen molar-refractivity contribution in [2.75, 3.05) is 0 Å². The average molecular weight is 708 g/mol. The maximum Gasteiger partial charge on any atom is 0.116 e. The zero-order valence-corrected chi connectivity index (χ0v) is 30.0. The van der Waals surface area contributed by atoms with Crippen LogP contribution in [0.15, 0.2) is 212 Å². The zero-order chi connectivity index (χ0) is 37.3. The second-order valence-electron chi connectivity index (χ2n) is 11.8. The second kappa shape index (κ2) is 19.5. The molecule has 0 spiro atoms. The van der Waals surface area contributed by atoms with E-state index < -0.39 is 0 Å². The summed E-state index contributed by atoms with van der Waals surface area (Å²) in [5.41, 5.74) is 8.59. The molecule has 4 N–H and O–H groups in total. The monoisotopic (exact) mass is 707 g/mol. The first-order chi connectivity index (χ1) is 25.9. The van der Waals surface area contributed by atoms with Gasteiger partial charge < -0.3 is 20.4 Å². The third-order valence-corrected chi connectivity index (χ3v) is 8.51. The Bertz CT molecular complexity index is 2090. The highest BCUT2D eigenvalue weighted by atomic mass is 28.1. The lowest BCUT2D eigenvalue weighted by Gasteiger charge is -2.06. The van der Waals surface area contributed by atoms with Gasteiger partial charge in [-0.1, -0.05) is 170 Å². The summed E-state index contributed by atoms with van der Waals surface area (Å²) in [7, 11) is 3.42. The molecule has 0 aliphatic heterocycles. The van der Waals surface area contributed by atoms with Crippen LogP contribution in [0.3, 0.4) is 0 Å². The number of hydrogen-bond acceptors (Lipinski definition) is 4. The van der Waals surface area contributed by atoms with Crippen molar-refractivity contribution in [1.29, 1.82) is 0 Å². The van der Waals surface area contributed by atoms with E-state index in [1.54, 1.807) is 42.5 Å². The van der Waals surface area contributed by atoms with E-state index in [0.717, 1.165) is 49.7 Å². The Hall–Kier alpha value is -6.82. The molecule has 8 rings (SSSR count). The minimum absolute atomic E-state index is 0.267. The largest absolute Gasteiger partial charge is 0.508 e. The van der Waals surface area contributed by atoms with Crippen LogP contribution in [0.1, 0.15) is 0 Å². The molecule has 4 nitrogen and oxygen atoms in total. The number of phenols is 4. The number of aromatic hydroxyl groups is 4. The Labute approximate surface area is 314 Å². The Kier molecular flexibility index (Phi) is 13.8. The molecule has 0 heterocycles. The Morgan fingerprint density at radius 3 is 0.868 bits per heavy atom. The molecule has 0 aromatic heterocycles. The maximum absolute atomic E-state index is 9.51. The molecule has 5 heteroatoms. The highest BCUT2D eigenvalue weighted by Crippen LogP contribution is 2.25. The van der Waals surface area contributed by atoms with Gasteiger partial charge in [-0.15, -0.1) is 0 Å². The van der Waals surface area contributed by atoms with Crippen LogP contribution in [0.25, 0.3) is 44.5 Å². The first-order valence-electron chi connectivity index (χ1n) is 17.0. The van der Waals surface area contributed by atoms with Crippen molar-refractivity contribution in [1.82, 2.24) is 0 Å². The molecular weight excluding hydrogens is 669 g/mol. The highest BCUT2D eigenvalue weighted by molar-refractivity contribution is 6.37. The standard InChI is InChI=1S/C12H9OSi.3C12H10O/c13-11-8-4-7-10(12(11)14)9-5-2-1-3-6-9;3*13-12-8-4-7-11(9-12)10-5-2-1-3-6-10/h1-8,13H;3*1-9,13H. The molecule has 53 heavy (non-hydrogen) atoms. The molecule has 3 radical (unpaired) electrons. The summed E-state index contributed by atoms with van der Waals surface area (Å²) >= 11 is 0. The number of hydrogen-bond donors (Lipinski definition) is 4. The predicted octanol–water partition coefficient (Wildman–Crippen LogP) is 11.0. The van der Waals surface area contributed by atoms with Gasteiger partial charge in [0.1, 0.15) is 23.0 Å². The molecule has 8 aromatic carbocycles.